The standard InChI is InChI=1S/C51H35N/c1-5-17-38(18-6-1)35-36-51(43-24-11-4-12-25-43)47-28-14-13-27-46(47)50-48(51)29-16-30-49(50)52(44-33-31-41(32-34-44)39-19-7-2-8-20-39)45-26-15-23-42(37-45)40-21-9-3-10-22-40/h1-34,37H. The van der Waals surface area contributed by atoms with E-state index in [1.54, 1.807) is 0 Å². The first-order valence-electron chi connectivity index (χ1n) is 17.8. The predicted octanol–water partition coefficient (Wildman–Crippen LogP) is 12.9. The van der Waals surface area contributed by atoms with Crippen LogP contribution < -0.4 is 4.90 Å². The zero-order chi connectivity index (χ0) is 34.7. The van der Waals surface area contributed by atoms with Gasteiger partial charge in [0, 0.05) is 22.5 Å². The van der Waals surface area contributed by atoms with Gasteiger partial charge in [0.2, 0.25) is 0 Å². The lowest BCUT2D eigenvalue weighted by Gasteiger charge is -2.30. The molecule has 1 unspecified atom stereocenters. The van der Waals surface area contributed by atoms with Gasteiger partial charge in [-0.1, -0.05) is 182 Å². The van der Waals surface area contributed by atoms with Crippen LogP contribution in [0.15, 0.2) is 212 Å². The lowest BCUT2D eigenvalue weighted by molar-refractivity contribution is 0.837. The molecular weight excluding hydrogens is 627 g/mol. The van der Waals surface area contributed by atoms with E-state index in [1.807, 2.05) is 6.07 Å². The number of benzene rings is 8. The Kier molecular flexibility index (Phi) is 8.05. The van der Waals surface area contributed by atoms with Crippen LogP contribution in [0.4, 0.5) is 17.1 Å². The van der Waals surface area contributed by atoms with Gasteiger partial charge in [0.25, 0.3) is 0 Å². The van der Waals surface area contributed by atoms with E-state index in [9.17, 15) is 0 Å². The summed E-state index contributed by atoms with van der Waals surface area (Å²) in [6, 6.07) is 75.7. The molecule has 8 aromatic rings. The van der Waals surface area contributed by atoms with Gasteiger partial charge in [-0.25, -0.2) is 0 Å². The largest absolute Gasteiger partial charge is 0.310 e. The minimum atomic E-state index is -0.673. The van der Waals surface area contributed by atoms with E-state index in [4.69, 9.17) is 0 Å². The monoisotopic (exact) mass is 661 g/mol. The summed E-state index contributed by atoms with van der Waals surface area (Å²) < 4.78 is 0. The molecule has 1 heteroatoms. The summed E-state index contributed by atoms with van der Waals surface area (Å²) in [5.74, 6) is 7.48. The van der Waals surface area contributed by atoms with Crippen molar-refractivity contribution in [3.63, 3.8) is 0 Å². The van der Waals surface area contributed by atoms with Crippen LogP contribution in [0.3, 0.4) is 0 Å². The minimum Gasteiger partial charge on any atom is -0.310 e. The second kappa shape index (κ2) is 13.4. The van der Waals surface area contributed by atoms with Gasteiger partial charge in [-0.2, -0.15) is 0 Å². The third kappa shape index (κ3) is 5.48. The van der Waals surface area contributed by atoms with E-state index in [0.717, 1.165) is 28.2 Å². The van der Waals surface area contributed by atoms with Crippen LogP contribution in [0, 0.1) is 11.8 Å². The van der Waals surface area contributed by atoms with Crippen molar-refractivity contribution in [2.75, 3.05) is 4.90 Å². The molecule has 0 aromatic heterocycles. The van der Waals surface area contributed by atoms with Gasteiger partial charge >= 0.3 is 0 Å². The SMILES string of the molecule is C(#CC1(c2ccccc2)c2ccccc2-c2c(N(c3ccc(-c4ccccc4)cc3)c3cccc(-c4ccccc4)c3)cccc21)c1ccccc1. The van der Waals surface area contributed by atoms with Crippen LogP contribution in [0.25, 0.3) is 33.4 Å². The molecule has 0 fully saturated rings. The Balaban J connectivity index is 1.30. The molecule has 0 bridgehead atoms. The molecule has 244 valence electrons. The molecule has 9 rings (SSSR count). The molecule has 0 radical (unpaired) electrons. The van der Waals surface area contributed by atoms with Crippen molar-refractivity contribution < 1.29 is 0 Å². The van der Waals surface area contributed by atoms with Crippen LogP contribution in [0.1, 0.15) is 22.3 Å². The van der Waals surface area contributed by atoms with Crippen molar-refractivity contribution in [1.29, 1.82) is 0 Å². The van der Waals surface area contributed by atoms with Crippen LogP contribution in [0.5, 0.6) is 0 Å². The Morgan fingerprint density at radius 3 is 1.63 bits per heavy atom. The second-order valence-electron chi connectivity index (χ2n) is 13.1. The van der Waals surface area contributed by atoms with Crippen molar-refractivity contribution in [3.8, 4) is 45.2 Å². The van der Waals surface area contributed by atoms with Gasteiger partial charge in [0.1, 0.15) is 5.41 Å². The normalized spacial score (nSPS) is 14.1. The summed E-state index contributed by atoms with van der Waals surface area (Å²) in [4.78, 5) is 2.42. The van der Waals surface area contributed by atoms with Crippen LogP contribution in [-0.2, 0) is 5.41 Å². The summed E-state index contributed by atoms with van der Waals surface area (Å²) in [5.41, 5.74) is 14.3. The number of fused-ring (bicyclic) bond motifs is 3. The first kappa shape index (κ1) is 31.1. The van der Waals surface area contributed by atoms with Gasteiger partial charge in [0.05, 0.1) is 5.69 Å². The van der Waals surface area contributed by atoms with Crippen LogP contribution in [0.2, 0.25) is 0 Å². The van der Waals surface area contributed by atoms with Crippen molar-refractivity contribution in [1.82, 2.24) is 0 Å². The first-order valence-corrected chi connectivity index (χ1v) is 17.8. The van der Waals surface area contributed by atoms with Crippen LogP contribution >= 0.6 is 0 Å². The summed E-state index contributed by atoms with van der Waals surface area (Å²) in [6.07, 6.45) is 0. The number of anilines is 3. The molecule has 0 saturated carbocycles. The minimum absolute atomic E-state index is 0.673. The highest BCUT2D eigenvalue weighted by atomic mass is 15.1. The third-order valence-electron chi connectivity index (χ3n) is 10.1. The number of nitrogens with zero attached hydrogens (tertiary/aromatic N) is 1. The van der Waals surface area contributed by atoms with Gasteiger partial charge in [-0.3, -0.25) is 0 Å². The Labute approximate surface area is 306 Å². The van der Waals surface area contributed by atoms with Crippen molar-refractivity contribution >= 4 is 17.1 Å². The topological polar surface area (TPSA) is 3.24 Å². The summed E-state index contributed by atoms with van der Waals surface area (Å²) in [7, 11) is 0. The van der Waals surface area contributed by atoms with E-state index < -0.39 is 5.41 Å². The zero-order valence-corrected chi connectivity index (χ0v) is 28.7. The summed E-state index contributed by atoms with van der Waals surface area (Å²) in [6.45, 7) is 0. The average molecular weight is 662 g/mol. The molecule has 0 N–H and O–H groups in total. The van der Waals surface area contributed by atoms with E-state index >= 15 is 0 Å². The van der Waals surface area contributed by atoms with E-state index in [-0.39, 0.29) is 0 Å². The van der Waals surface area contributed by atoms with Crippen LogP contribution in [-0.4, -0.2) is 0 Å². The van der Waals surface area contributed by atoms with Crippen molar-refractivity contribution in [2.24, 2.45) is 0 Å². The van der Waals surface area contributed by atoms with Gasteiger partial charge in [-0.15, -0.1) is 0 Å². The first-order chi connectivity index (χ1) is 25.8. The molecule has 0 heterocycles. The molecular formula is C51H35N. The number of hydrogen-bond acceptors (Lipinski definition) is 1. The van der Waals surface area contributed by atoms with Crippen molar-refractivity contribution in [3.05, 3.63) is 235 Å². The van der Waals surface area contributed by atoms with Gasteiger partial charge in [0.15, 0.2) is 0 Å². The molecule has 0 saturated heterocycles. The van der Waals surface area contributed by atoms with E-state index in [2.05, 4.69) is 223 Å². The fraction of sp³-hybridized carbons (Fsp3) is 0.0196. The number of hydrogen-bond donors (Lipinski definition) is 0. The highest BCUT2D eigenvalue weighted by molar-refractivity contribution is 5.97. The Morgan fingerprint density at radius 2 is 0.923 bits per heavy atom. The second-order valence-corrected chi connectivity index (χ2v) is 13.1. The molecule has 0 spiro atoms. The number of rotatable bonds is 6. The van der Waals surface area contributed by atoms with E-state index in [0.29, 0.717) is 0 Å². The fourth-order valence-corrected chi connectivity index (χ4v) is 7.70. The Morgan fingerprint density at radius 1 is 0.385 bits per heavy atom. The molecule has 8 aromatic carbocycles. The van der Waals surface area contributed by atoms with Crippen molar-refractivity contribution in [2.45, 2.75) is 5.41 Å². The maximum Gasteiger partial charge on any atom is 0.108 e. The molecule has 0 aliphatic heterocycles. The zero-order valence-electron chi connectivity index (χ0n) is 28.7. The average Bonchev–Trinajstić information content (AvgIpc) is 3.53. The van der Waals surface area contributed by atoms with Gasteiger partial charge in [-0.05, 0) is 87.0 Å². The molecule has 1 atom stereocenters. The highest BCUT2D eigenvalue weighted by Gasteiger charge is 2.45. The van der Waals surface area contributed by atoms with E-state index in [1.165, 1.54) is 44.5 Å². The Bertz CT molecular complexity index is 2550. The summed E-state index contributed by atoms with van der Waals surface area (Å²) >= 11 is 0. The lowest BCUT2D eigenvalue weighted by Crippen LogP contribution is -2.25. The molecule has 52 heavy (non-hydrogen) atoms. The smallest absolute Gasteiger partial charge is 0.108 e. The molecule has 1 aliphatic rings. The highest BCUT2D eigenvalue weighted by Crippen LogP contribution is 2.56. The Hall–Kier alpha value is -6.88. The molecule has 1 nitrogen and oxygen atoms in total. The fourth-order valence-electron chi connectivity index (χ4n) is 7.70. The van der Waals surface area contributed by atoms with Gasteiger partial charge < -0.3 is 4.90 Å². The summed E-state index contributed by atoms with van der Waals surface area (Å²) in [5, 5.41) is 0. The lowest BCUT2D eigenvalue weighted by atomic mass is 9.73. The third-order valence-corrected chi connectivity index (χ3v) is 10.1. The maximum atomic E-state index is 3.87. The maximum absolute atomic E-state index is 3.87. The molecule has 1 aliphatic carbocycles. The predicted molar refractivity (Wildman–Crippen MR) is 217 cm³/mol. The quantitative estimate of drug-likeness (QED) is 0.160. The molecule has 0 amide bonds.